The van der Waals surface area contributed by atoms with Crippen LogP contribution >= 0.6 is 0 Å². The summed E-state index contributed by atoms with van der Waals surface area (Å²) in [6.07, 6.45) is -0.481. The maximum atomic E-state index is 11.8. The number of nitrogens with one attached hydrogen (secondary N) is 1. The number of carbonyl (C=O) groups excluding carboxylic acids is 1. The number of aliphatic imine (C=N–C) groups is 2. The van der Waals surface area contributed by atoms with Crippen LogP contribution in [0.2, 0.25) is 0 Å². The Kier molecular flexibility index (Phi) is 4.15. The van der Waals surface area contributed by atoms with Gasteiger partial charge in [0.15, 0.2) is 12.1 Å². The van der Waals surface area contributed by atoms with Crippen LogP contribution in [0.3, 0.4) is 0 Å². The molecule has 0 spiro atoms. The quantitative estimate of drug-likeness (QED) is 0.364. The number of fused-ring (bicyclic) bond motifs is 1. The minimum Gasteiger partial charge on any atom is -0.382 e. The van der Waals surface area contributed by atoms with E-state index in [0.29, 0.717) is 11.5 Å². The molecule has 0 atom stereocenters. The SMILES string of the molecule is COC(CN=C(N)C1=NCN2C(=O)N(C)NN=C12)OC. The van der Waals surface area contributed by atoms with E-state index in [-0.39, 0.29) is 25.1 Å². The van der Waals surface area contributed by atoms with Gasteiger partial charge in [0.2, 0.25) is 0 Å². The van der Waals surface area contributed by atoms with Crippen LogP contribution in [0.4, 0.5) is 4.79 Å². The highest BCUT2D eigenvalue weighted by molar-refractivity contribution is 6.69. The number of rotatable bonds is 5. The van der Waals surface area contributed by atoms with E-state index < -0.39 is 6.29 Å². The third-order valence-corrected chi connectivity index (χ3v) is 2.84. The highest BCUT2D eigenvalue weighted by Crippen LogP contribution is 2.11. The Balaban J connectivity index is 2.10. The fourth-order valence-corrected chi connectivity index (χ4v) is 1.71. The molecule has 2 aliphatic heterocycles. The number of nitrogens with two attached hydrogens (primary N) is 1. The standard InChI is InChI=1S/C10H17N7O3/c1-16-10(18)17-5-13-7(9(17)14-15-16)8(11)12-4-6(19-2)20-3/h6,15H,4-5H2,1-3H3,(H2,11,12). The molecular formula is C10H17N7O3. The lowest BCUT2D eigenvalue weighted by Gasteiger charge is -2.28. The summed E-state index contributed by atoms with van der Waals surface area (Å²) in [7, 11) is 4.59. The molecule has 0 saturated carbocycles. The molecule has 0 radical (unpaired) electrons. The van der Waals surface area contributed by atoms with Crippen LogP contribution in [0.15, 0.2) is 15.1 Å². The van der Waals surface area contributed by atoms with E-state index in [0.717, 1.165) is 0 Å². The highest BCUT2D eigenvalue weighted by Gasteiger charge is 2.35. The van der Waals surface area contributed by atoms with Crippen molar-refractivity contribution in [2.45, 2.75) is 6.29 Å². The predicted octanol–water partition coefficient (Wildman–Crippen LogP) is -1.44. The van der Waals surface area contributed by atoms with Gasteiger partial charge in [-0.25, -0.2) is 15.3 Å². The van der Waals surface area contributed by atoms with Crippen molar-refractivity contribution in [1.82, 2.24) is 15.4 Å². The molecule has 0 aromatic heterocycles. The van der Waals surface area contributed by atoms with Crippen molar-refractivity contribution in [1.29, 1.82) is 0 Å². The van der Waals surface area contributed by atoms with Crippen molar-refractivity contribution in [2.75, 3.05) is 34.5 Å². The Bertz CT molecular complexity index is 483. The van der Waals surface area contributed by atoms with Crippen molar-refractivity contribution in [3.05, 3.63) is 0 Å². The van der Waals surface area contributed by atoms with Gasteiger partial charge >= 0.3 is 6.03 Å². The lowest BCUT2D eigenvalue weighted by molar-refractivity contribution is -0.0936. The minimum atomic E-state index is -0.481. The van der Waals surface area contributed by atoms with Crippen molar-refractivity contribution in [2.24, 2.45) is 20.8 Å². The first-order valence-electron chi connectivity index (χ1n) is 5.87. The van der Waals surface area contributed by atoms with E-state index >= 15 is 0 Å². The molecule has 3 N–H and O–H groups in total. The fraction of sp³-hybridized carbons (Fsp3) is 0.600. The van der Waals surface area contributed by atoms with Crippen molar-refractivity contribution >= 4 is 23.4 Å². The molecule has 0 saturated heterocycles. The van der Waals surface area contributed by atoms with Crippen LogP contribution in [0, 0.1) is 0 Å². The normalized spacial score (nSPS) is 19.0. The molecule has 0 aromatic rings. The monoisotopic (exact) mass is 283 g/mol. The van der Waals surface area contributed by atoms with E-state index in [4.69, 9.17) is 15.2 Å². The summed E-state index contributed by atoms with van der Waals surface area (Å²) in [5.41, 5.74) is 8.82. The van der Waals surface area contributed by atoms with Gasteiger partial charge < -0.3 is 15.2 Å². The molecule has 2 amide bonds. The summed E-state index contributed by atoms with van der Waals surface area (Å²) in [4.78, 5) is 21.6. The first-order valence-corrected chi connectivity index (χ1v) is 5.87. The fourth-order valence-electron chi connectivity index (χ4n) is 1.71. The molecule has 0 aromatic carbocycles. The number of methoxy groups -OCH3 is 2. The Hall–Kier alpha value is -2.20. The van der Waals surface area contributed by atoms with Gasteiger partial charge in [-0.15, -0.1) is 5.10 Å². The number of hydrogen-bond acceptors (Lipinski definition) is 7. The molecule has 0 unspecified atom stereocenters. The Labute approximate surface area is 115 Å². The minimum absolute atomic E-state index is 0.174. The number of nitrogens with zero attached hydrogens (tertiary/aromatic N) is 5. The summed E-state index contributed by atoms with van der Waals surface area (Å²) < 4.78 is 10.0. The van der Waals surface area contributed by atoms with Gasteiger partial charge in [0, 0.05) is 21.3 Å². The van der Waals surface area contributed by atoms with E-state index in [1.165, 1.54) is 24.1 Å². The predicted molar refractivity (Wildman–Crippen MR) is 72.2 cm³/mol. The number of hydrazone groups is 1. The lowest BCUT2D eigenvalue weighted by atomic mass is 10.3. The molecule has 110 valence electrons. The number of urea groups is 1. The van der Waals surface area contributed by atoms with Gasteiger partial charge in [-0.3, -0.25) is 14.9 Å². The van der Waals surface area contributed by atoms with Gasteiger partial charge in [-0.1, -0.05) is 0 Å². The topological polar surface area (TPSA) is 117 Å². The third kappa shape index (κ3) is 2.56. The summed E-state index contributed by atoms with van der Waals surface area (Å²) in [6, 6.07) is -0.256. The molecule has 2 heterocycles. The van der Waals surface area contributed by atoms with Crippen LogP contribution in [-0.2, 0) is 9.47 Å². The number of amides is 2. The first-order chi connectivity index (χ1) is 9.58. The maximum absolute atomic E-state index is 11.8. The average Bonchev–Trinajstić information content (AvgIpc) is 2.88. The molecule has 0 aliphatic carbocycles. The summed E-state index contributed by atoms with van der Waals surface area (Å²) in [5.74, 6) is 0.547. The number of hydrogen-bond donors (Lipinski definition) is 2. The smallest absolute Gasteiger partial charge is 0.346 e. The van der Waals surface area contributed by atoms with Crippen molar-refractivity contribution in [3.8, 4) is 0 Å². The number of hydrazine groups is 1. The summed E-state index contributed by atoms with van der Waals surface area (Å²) >= 11 is 0. The van der Waals surface area contributed by atoms with E-state index in [1.54, 1.807) is 7.05 Å². The molecular weight excluding hydrogens is 266 g/mol. The summed E-state index contributed by atoms with van der Waals surface area (Å²) in [5, 5.41) is 5.29. The largest absolute Gasteiger partial charge is 0.382 e. The first kappa shape index (κ1) is 14.2. The molecule has 10 nitrogen and oxygen atoms in total. The van der Waals surface area contributed by atoms with E-state index in [9.17, 15) is 4.79 Å². The lowest BCUT2D eigenvalue weighted by Crippen LogP contribution is -2.54. The van der Waals surface area contributed by atoms with Crippen LogP contribution in [0.25, 0.3) is 0 Å². The number of amidine groups is 2. The van der Waals surface area contributed by atoms with Crippen LogP contribution < -0.4 is 11.3 Å². The Morgan fingerprint density at radius 2 is 2.25 bits per heavy atom. The van der Waals surface area contributed by atoms with Gasteiger partial charge in [0.1, 0.15) is 18.2 Å². The van der Waals surface area contributed by atoms with Crippen LogP contribution in [0.1, 0.15) is 0 Å². The molecule has 10 heteroatoms. The molecule has 0 bridgehead atoms. The zero-order valence-corrected chi connectivity index (χ0v) is 11.5. The molecule has 2 rings (SSSR count). The second-order valence-corrected chi connectivity index (χ2v) is 4.08. The zero-order valence-electron chi connectivity index (χ0n) is 11.5. The van der Waals surface area contributed by atoms with Gasteiger partial charge in [0.05, 0.1) is 6.54 Å². The maximum Gasteiger partial charge on any atom is 0.346 e. The third-order valence-electron chi connectivity index (χ3n) is 2.84. The average molecular weight is 283 g/mol. The number of carbonyl (C=O) groups is 1. The van der Waals surface area contributed by atoms with Crippen molar-refractivity contribution in [3.63, 3.8) is 0 Å². The molecule has 20 heavy (non-hydrogen) atoms. The number of ether oxygens (including phenoxy) is 2. The van der Waals surface area contributed by atoms with E-state index in [1.807, 2.05) is 0 Å². The van der Waals surface area contributed by atoms with Crippen molar-refractivity contribution < 1.29 is 14.3 Å². The van der Waals surface area contributed by atoms with Crippen LogP contribution in [0.5, 0.6) is 0 Å². The molecule has 2 aliphatic rings. The van der Waals surface area contributed by atoms with Crippen LogP contribution in [-0.4, -0.2) is 74.1 Å². The zero-order chi connectivity index (χ0) is 14.7. The van der Waals surface area contributed by atoms with Gasteiger partial charge in [-0.2, -0.15) is 0 Å². The highest BCUT2D eigenvalue weighted by atomic mass is 16.7. The second-order valence-electron chi connectivity index (χ2n) is 4.08. The van der Waals surface area contributed by atoms with Gasteiger partial charge in [0.25, 0.3) is 0 Å². The summed E-state index contributed by atoms with van der Waals surface area (Å²) in [6.45, 7) is 0.402. The van der Waals surface area contributed by atoms with E-state index in [2.05, 4.69) is 20.6 Å². The molecule has 0 fully saturated rings. The Morgan fingerprint density at radius 3 is 2.90 bits per heavy atom. The Morgan fingerprint density at radius 1 is 1.55 bits per heavy atom. The second kappa shape index (κ2) is 5.84. The van der Waals surface area contributed by atoms with Gasteiger partial charge in [-0.05, 0) is 0 Å².